The van der Waals surface area contributed by atoms with Gasteiger partial charge in [0.15, 0.2) is 0 Å². The zero-order chi connectivity index (χ0) is 25.2. The minimum absolute atomic E-state index is 0.00472. The number of rotatable bonds is 7. The molecule has 188 valence electrons. The van der Waals surface area contributed by atoms with Crippen LogP contribution in [0.25, 0.3) is 16.7 Å². The van der Waals surface area contributed by atoms with Crippen LogP contribution in [0, 0.1) is 13.8 Å². The molecule has 3 heterocycles. The third-order valence-corrected chi connectivity index (χ3v) is 7.31. The largest absolute Gasteiger partial charge is 0.369 e. The molecule has 0 unspecified atom stereocenters. The molecule has 2 aromatic carbocycles. The minimum Gasteiger partial charge on any atom is -0.369 e. The van der Waals surface area contributed by atoms with E-state index in [1.165, 1.54) is 21.4 Å². The maximum atomic E-state index is 12.6. The number of hydrogen-bond donors (Lipinski definition) is 1. The summed E-state index contributed by atoms with van der Waals surface area (Å²) in [7, 11) is 1.69. The first-order valence-corrected chi connectivity index (χ1v) is 12.6. The summed E-state index contributed by atoms with van der Waals surface area (Å²) in [4.78, 5) is 30.0. The molecule has 0 aliphatic carbocycles. The van der Waals surface area contributed by atoms with Gasteiger partial charge in [-0.1, -0.05) is 24.3 Å². The van der Waals surface area contributed by atoms with Gasteiger partial charge in [0.25, 0.3) is 5.56 Å². The van der Waals surface area contributed by atoms with Crippen molar-refractivity contribution in [2.75, 3.05) is 44.2 Å². The van der Waals surface area contributed by atoms with Gasteiger partial charge in [-0.15, -0.1) is 10.2 Å². The van der Waals surface area contributed by atoms with Crippen LogP contribution in [0.3, 0.4) is 0 Å². The summed E-state index contributed by atoms with van der Waals surface area (Å²) in [6.45, 7) is 9.78. The van der Waals surface area contributed by atoms with Crippen LogP contribution in [0.4, 0.5) is 5.69 Å². The molecule has 9 nitrogen and oxygen atoms in total. The van der Waals surface area contributed by atoms with E-state index in [1.54, 1.807) is 13.1 Å². The van der Waals surface area contributed by atoms with Gasteiger partial charge >= 0.3 is 0 Å². The Bertz CT molecular complexity index is 1460. The topological polar surface area (TPSA) is 87.8 Å². The third-order valence-electron chi connectivity index (χ3n) is 7.31. The van der Waals surface area contributed by atoms with Crippen LogP contribution in [0.2, 0.25) is 0 Å². The number of benzene rings is 2. The number of aryl methyl sites for hydroxylation is 3. The van der Waals surface area contributed by atoms with Crippen LogP contribution in [-0.2, 0) is 18.3 Å². The second kappa shape index (κ2) is 10.1. The number of fused-ring (bicyclic) bond motifs is 3. The van der Waals surface area contributed by atoms with Gasteiger partial charge in [0.1, 0.15) is 5.82 Å². The number of nitrogens with one attached hydrogen (secondary N) is 1. The van der Waals surface area contributed by atoms with E-state index in [0.29, 0.717) is 36.4 Å². The van der Waals surface area contributed by atoms with Crippen LogP contribution in [0.5, 0.6) is 0 Å². The molecule has 1 aliphatic heterocycles. The summed E-state index contributed by atoms with van der Waals surface area (Å²) in [5, 5.41) is 12.1. The number of carbonyl (C=O) groups is 1. The van der Waals surface area contributed by atoms with Crippen molar-refractivity contribution >= 4 is 28.3 Å². The fraction of sp³-hybridized carbons (Fsp3) is 0.407. The number of carbonyl (C=O) groups excluding carboxylic acids is 1. The van der Waals surface area contributed by atoms with Crippen molar-refractivity contribution in [1.82, 2.24) is 29.4 Å². The smallest absolute Gasteiger partial charge is 0.262 e. The van der Waals surface area contributed by atoms with Gasteiger partial charge in [0.2, 0.25) is 11.7 Å². The standard InChI is InChI=1S/C27H33N7O2/c1-19-7-6-10-22(20(19)2)33-17-15-32(16-18-33)14-13-28-25(35)12-11-24-29-30-27-31(3)26(36)21-8-4-5-9-23(21)34(24)27/h4-10H,11-18H2,1-3H3,(H,28,35). The van der Waals surface area contributed by atoms with Crippen LogP contribution in [-0.4, -0.2) is 69.2 Å². The minimum atomic E-state index is -0.107. The quantitative estimate of drug-likeness (QED) is 0.430. The molecule has 0 spiro atoms. The highest BCUT2D eigenvalue weighted by molar-refractivity contribution is 5.80. The summed E-state index contributed by atoms with van der Waals surface area (Å²) in [6, 6.07) is 13.9. The molecular formula is C27H33N7O2. The fourth-order valence-corrected chi connectivity index (χ4v) is 5.01. The van der Waals surface area contributed by atoms with Gasteiger partial charge in [-0.3, -0.25) is 23.5 Å². The second-order valence-electron chi connectivity index (χ2n) is 9.53. The van der Waals surface area contributed by atoms with Gasteiger partial charge in [-0.05, 0) is 43.2 Å². The van der Waals surface area contributed by atoms with E-state index < -0.39 is 0 Å². The summed E-state index contributed by atoms with van der Waals surface area (Å²) in [6.07, 6.45) is 0.766. The van der Waals surface area contributed by atoms with Gasteiger partial charge < -0.3 is 10.2 Å². The summed E-state index contributed by atoms with van der Waals surface area (Å²) in [5.74, 6) is 1.15. The highest BCUT2D eigenvalue weighted by Gasteiger charge is 2.19. The molecule has 1 N–H and O–H groups in total. The molecule has 9 heteroatoms. The molecule has 5 rings (SSSR count). The first-order valence-electron chi connectivity index (χ1n) is 12.6. The highest BCUT2D eigenvalue weighted by atomic mass is 16.1. The van der Waals surface area contributed by atoms with Crippen LogP contribution >= 0.6 is 0 Å². The lowest BCUT2D eigenvalue weighted by Gasteiger charge is -2.37. The number of piperazine rings is 1. The van der Waals surface area contributed by atoms with E-state index in [4.69, 9.17) is 0 Å². The van der Waals surface area contributed by atoms with Crippen molar-refractivity contribution in [2.24, 2.45) is 7.05 Å². The maximum absolute atomic E-state index is 12.6. The van der Waals surface area contributed by atoms with Gasteiger partial charge in [0.05, 0.1) is 10.9 Å². The molecule has 1 amide bonds. The van der Waals surface area contributed by atoms with Crippen molar-refractivity contribution in [1.29, 1.82) is 0 Å². The monoisotopic (exact) mass is 487 g/mol. The Kier molecular flexibility index (Phi) is 6.73. The Balaban J connectivity index is 1.12. The highest BCUT2D eigenvalue weighted by Crippen LogP contribution is 2.23. The van der Waals surface area contributed by atoms with Gasteiger partial charge in [-0.25, -0.2) is 0 Å². The van der Waals surface area contributed by atoms with Crippen LogP contribution in [0.1, 0.15) is 23.4 Å². The molecule has 1 saturated heterocycles. The first kappa shape index (κ1) is 24.0. The Morgan fingerprint density at radius 3 is 2.58 bits per heavy atom. The number of para-hydroxylation sites is 1. The lowest BCUT2D eigenvalue weighted by atomic mass is 10.1. The number of anilines is 1. The van der Waals surface area contributed by atoms with E-state index in [1.807, 2.05) is 22.6 Å². The average molecular weight is 488 g/mol. The Morgan fingerprint density at radius 2 is 1.78 bits per heavy atom. The van der Waals surface area contributed by atoms with E-state index in [2.05, 4.69) is 57.4 Å². The summed E-state index contributed by atoms with van der Waals surface area (Å²) < 4.78 is 3.37. The van der Waals surface area contributed by atoms with Crippen molar-refractivity contribution in [3.63, 3.8) is 0 Å². The molecule has 4 aromatic rings. The van der Waals surface area contributed by atoms with E-state index in [-0.39, 0.29) is 11.5 Å². The number of hydrogen-bond acceptors (Lipinski definition) is 6. The summed E-state index contributed by atoms with van der Waals surface area (Å²) in [5.41, 5.74) is 4.67. The zero-order valence-electron chi connectivity index (χ0n) is 21.2. The van der Waals surface area contributed by atoms with E-state index in [0.717, 1.165) is 38.2 Å². The molecular weight excluding hydrogens is 454 g/mol. The van der Waals surface area contributed by atoms with Gasteiger partial charge in [-0.2, -0.15) is 0 Å². The molecule has 1 fully saturated rings. The van der Waals surface area contributed by atoms with Crippen molar-refractivity contribution in [3.05, 3.63) is 69.8 Å². The first-order chi connectivity index (χ1) is 17.4. The van der Waals surface area contributed by atoms with Crippen LogP contribution in [0.15, 0.2) is 47.3 Å². The van der Waals surface area contributed by atoms with Gasteiger partial charge in [0, 0.05) is 64.8 Å². The number of aromatic nitrogens is 4. The van der Waals surface area contributed by atoms with Crippen molar-refractivity contribution in [3.8, 4) is 0 Å². The molecule has 2 aromatic heterocycles. The summed E-state index contributed by atoms with van der Waals surface area (Å²) >= 11 is 0. The Labute approximate surface area is 210 Å². The second-order valence-corrected chi connectivity index (χ2v) is 9.53. The zero-order valence-corrected chi connectivity index (χ0v) is 21.2. The van der Waals surface area contributed by atoms with E-state index >= 15 is 0 Å². The van der Waals surface area contributed by atoms with Crippen LogP contribution < -0.4 is 15.8 Å². The Morgan fingerprint density at radius 1 is 1.00 bits per heavy atom. The Hall–Kier alpha value is -3.72. The normalized spacial score (nSPS) is 14.6. The molecule has 0 saturated carbocycles. The number of amides is 1. The molecule has 36 heavy (non-hydrogen) atoms. The maximum Gasteiger partial charge on any atom is 0.262 e. The predicted octanol–water partition coefficient (Wildman–Crippen LogP) is 2.07. The van der Waals surface area contributed by atoms with Crippen molar-refractivity contribution < 1.29 is 4.79 Å². The molecule has 0 radical (unpaired) electrons. The fourth-order valence-electron chi connectivity index (χ4n) is 5.01. The third kappa shape index (κ3) is 4.58. The molecule has 0 bridgehead atoms. The predicted molar refractivity (Wildman–Crippen MR) is 142 cm³/mol. The lowest BCUT2D eigenvalue weighted by molar-refractivity contribution is -0.121. The van der Waals surface area contributed by atoms with Crippen molar-refractivity contribution in [2.45, 2.75) is 26.7 Å². The molecule has 0 atom stereocenters. The SMILES string of the molecule is Cc1cccc(N2CCN(CCNC(=O)CCc3nnc4n(C)c(=O)c5ccccc5n34)CC2)c1C. The number of nitrogens with zero attached hydrogens (tertiary/aromatic N) is 6. The lowest BCUT2D eigenvalue weighted by Crippen LogP contribution is -2.48. The van der Waals surface area contributed by atoms with E-state index in [9.17, 15) is 9.59 Å². The molecule has 1 aliphatic rings. The average Bonchev–Trinajstić information content (AvgIpc) is 3.32.